The maximum Gasteiger partial charge on any atom is 0.335 e. The second-order valence-electron chi connectivity index (χ2n) is 5.22. The van der Waals surface area contributed by atoms with E-state index < -0.39 is 5.97 Å². The summed E-state index contributed by atoms with van der Waals surface area (Å²) >= 11 is 0. The monoisotopic (exact) mass is 292 g/mol. The van der Waals surface area contributed by atoms with E-state index in [0.29, 0.717) is 11.6 Å². The second kappa shape index (κ2) is 7.08. The number of benzene rings is 1. The first-order valence-corrected chi connectivity index (χ1v) is 7.05. The Morgan fingerprint density at radius 3 is 2.43 bits per heavy atom. The number of amides is 2. The fraction of sp³-hybridized carbons (Fsp3) is 0.467. The number of carbonyl (C=O) groups is 2. The molecule has 1 fully saturated rings. The number of hydrogen-bond donors (Lipinski definition) is 3. The number of carbonyl (C=O) groups excluding carboxylic acids is 1. The zero-order chi connectivity index (χ0) is 15.2. The lowest BCUT2D eigenvalue weighted by Gasteiger charge is -2.28. The van der Waals surface area contributed by atoms with Gasteiger partial charge in [-0.1, -0.05) is 0 Å². The maximum atomic E-state index is 11.9. The van der Waals surface area contributed by atoms with Crippen molar-refractivity contribution in [2.75, 3.05) is 18.5 Å². The third-order valence-electron chi connectivity index (χ3n) is 3.72. The van der Waals surface area contributed by atoms with Gasteiger partial charge in [0.2, 0.25) is 0 Å². The molecule has 1 aliphatic heterocycles. The number of aromatic carboxylic acids is 1. The number of nitrogens with one attached hydrogen (secondary N) is 2. The molecule has 0 spiro atoms. The Kier molecular flexibility index (Phi) is 5.16. The van der Waals surface area contributed by atoms with Crippen LogP contribution in [0.25, 0.3) is 0 Å². The van der Waals surface area contributed by atoms with Gasteiger partial charge in [0.05, 0.1) is 5.56 Å². The molecule has 1 saturated heterocycles. The number of ether oxygens (including phenoxy) is 1. The summed E-state index contributed by atoms with van der Waals surface area (Å²) in [5.74, 6) is -0.557. The van der Waals surface area contributed by atoms with E-state index in [1.807, 2.05) is 6.92 Å². The van der Waals surface area contributed by atoms with E-state index in [-0.39, 0.29) is 17.6 Å². The van der Waals surface area contributed by atoms with Crippen molar-refractivity contribution < 1.29 is 19.4 Å². The van der Waals surface area contributed by atoms with Crippen LogP contribution in [-0.2, 0) is 4.74 Å². The highest BCUT2D eigenvalue weighted by Crippen LogP contribution is 2.18. The summed E-state index contributed by atoms with van der Waals surface area (Å²) in [7, 11) is 0. The summed E-state index contributed by atoms with van der Waals surface area (Å²) < 4.78 is 5.30. The molecule has 0 bridgehead atoms. The fourth-order valence-corrected chi connectivity index (χ4v) is 2.40. The van der Waals surface area contributed by atoms with Crippen molar-refractivity contribution in [1.29, 1.82) is 0 Å². The molecule has 3 N–H and O–H groups in total. The Morgan fingerprint density at radius 2 is 1.86 bits per heavy atom. The molecule has 0 aromatic heterocycles. The molecule has 6 heteroatoms. The van der Waals surface area contributed by atoms with Crippen molar-refractivity contribution in [3.8, 4) is 0 Å². The van der Waals surface area contributed by atoms with Crippen LogP contribution < -0.4 is 10.6 Å². The van der Waals surface area contributed by atoms with Crippen molar-refractivity contribution in [3.63, 3.8) is 0 Å². The molecule has 1 aliphatic rings. The van der Waals surface area contributed by atoms with E-state index in [0.717, 1.165) is 26.1 Å². The minimum Gasteiger partial charge on any atom is -0.478 e. The molecule has 1 unspecified atom stereocenters. The predicted molar refractivity (Wildman–Crippen MR) is 78.6 cm³/mol. The molecule has 2 amide bonds. The van der Waals surface area contributed by atoms with Crippen molar-refractivity contribution in [2.45, 2.75) is 25.8 Å². The zero-order valence-corrected chi connectivity index (χ0v) is 12.0. The van der Waals surface area contributed by atoms with E-state index in [9.17, 15) is 9.59 Å². The minimum atomic E-state index is -0.987. The Bertz CT molecular complexity index is 495. The van der Waals surface area contributed by atoms with Crippen LogP contribution in [0.2, 0.25) is 0 Å². The number of anilines is 1. The van der Waals surface area contributed by atoms with E-state index in [2.05, 4.69) is 10.6 Å². The van der Waals surface area contributed by atoms with Crippen LogP contribution in [0.4, 0.5) is 10.5 Å². The maximum absolute atomic E-state index is 11.9. The van der Waals surface area contributed by atoms with Gasteiger partial charge < -0.3 is 20.5 Å². The Labute approximate surface area is 123 Å². The van der Waals surface area contributed by atoms with E-state index in [1.54, 1.807) is 12.1 Å². The van der Waals surface area contributed by atoms with E-state index in [1.165, 1.54) is 12.1 Å². The average molecular weight is 292 g/mol. The van der Waals surface area contributed by atoms with Gasteiger partial charge in [-0.2, -0.15) is 0 Å². The third-order valence-corrected chi connectivity index (χ3v) is 3.72. The molecule has 114 valence electrons. The SMILES string of the molecule is CC(NC(=O)Nc1ccc(C(=O)O)cc1)C1CCOCC1. The summed E-state index contributed by atoms with van der Waals surface area (Å²) in [5.41, 5.74) is 0.758. The van der Waals surface area contributed by atoms with Crippen LogP contribution in [0.15, 0.2) is 24.3 Å². The van der Waals surface area contributed by atoms with Crippen LogP contribution in [0.1, 0.15) is 30.1 Å². The largest absolute Gasteiger partial charge is 0.478 e. The van der Waals surface area contributed by atoms with Crippen molar-refractivity contribution >= 4 is 17.7 Å². The number of carboxylic acid groups (broad SMARTS) is 1. The van der Waals surface area contributed by atoms with Gasteiger partial charge in [0, 0.05) is 24.9 Å². The summed E-state index contributed by atoms with van der Waals surface area (Å²) in [6.45, 7) is 3.48. The van der Waals surface area contributed by atoms with E-state index >= 15 is 0 Å². The molecule has 1 aromatic rings. The highest BCUT2D eigenvalue weighted by Gasteiger charge is 2.21. The summed E-state index contributed by atoms with van der Waals surface area (Å²) in [4.78, 5) is 22.7. The standard InChI is InChI=1S/C15H20N2O4/c1-10(11-6-8-21-9-7-11)16-15(20)17-13-4-2-12(3-5-13)14(18)19/h2-5,10-11H,6-9H2,1H3,(H,18,19)(H2,16,17,20). The topological polar surface area (TPSA) is 87.7 Å². The average Bonchev–Trinajstić information content (AvgIpc) is 2.48. The Hall–Kier alpha value is -2.08. The lowest BCUT2D eigenvalue weighted by atomic mass is 9.93. The molecule has 1 heterocycles. The lowest BCUT2D eigenvalue weighted by Crippen LogP contribution is -2.42. The smallest absolute Gasteiger partial charge is 0.335 e. The van der Waals surface area contributed by atoms with Gasteiger partial charge in [-0.15, -0.1) is 0 Å². The summed E-state index contributed by atoms with van der Waals surface area (Å²) in [5, 5.41) is 14.4. The van der Waals surface area contributed by atoms with Crippen LogP contribution in [-0.4, -0.2) is 36.4 Å². The van der Waals surface area contributed by atoms with Crippen LogP contribution >= 0.6 is 0 Å². The molecule has 0 aliphatic carbocycles. The molecule has 0 radical (unpaired) electrons. The highest BCUT2D eigenvalue weighted by molar-refractivity contribution is 5.91. The molecule has 21 heavy (non-hydrogen) atoms. The van der Waals surface area contributed by atoms with Crippen molar-refractivity contribution in [2.24, 2.45) is 5.92 Å². The first-order valence-electron chi connectivity index (χ1n) is 7.05. The fourth-order valence-electron chi connectivity index (χ4n) is 2.40. The first-order chi connectivity index (χ1) is 10.1. The number of hydrogen-bond acceptors (Lipinski definition) is 3. The molecule has 1 atom stereocenters. The lowest BCUT2D eigenvalue weighted by molar-refractivity contribution is 0.0573. The van der Waals surface area contributed by atoms with Crippen LogP contribution in [0.5, 0.6) is 0 Å². The first kappa shape index (κ1) is 15.3. The summed E-state index contributed by atoms with van der Waals surface area (Å²) in [6.07, 6.45) is 1.91. The second-order valence-corrected chi connectivity index (χ2v) is 5.22. The van der Waals surface area contributed by atoms with Crippen molar-refractivity contribution in [1.82, 2.24) is 5.32 Å². The number of urea groups is 1. The van der Waals surface area contributed by atoms with Gasteiger partial charge in [-0.05, 0) is 49.9 Å². The van der Waals surface area contributed by atoms with Crippen LogP contribution in [0.3, 0.4) is 0 Å². The Morgan fingerprint density at radius 1 is 1.24 bits per heavy atom. The summed E-state index contributed by atoms with van der Waals surface area (Å²) in [6, 6.07) is 5.86. The molecule has 0 saturated carbocycles. The molecule has 1 aromatic carbocycles. The predicted octanol–water partition coefficient (Wildman–Crippen LogP) is 2.32. The third kappa shape index (κ3) is 4.46. The van der Waals surface area contributed by atoms with Crippen molar-refractivity contribution in [3.05, 3.63) is 29.8 Å². The highest BCUT2D eigenvalue weighted by atomic mass is 16.5. The molecule has 6 nitrogen and oxygen atoms in total. The van der Waals surface area contributed by atoms with Gasteiger partial charge in [-0.25, -0.2) is 9.59 Å². The minimum absolute atomic E-state index is 0.0761. The number of carboxylic acids is 1. The van der Waals surface area contributed by atoms with Gasteiger partial charge in [0.25, 0.3) is 0 Å². The number of rotatable bonds is 4. The van der Waals surface area contributed by atoms with Gasteiger partial charge in [0.1, 0.15) is 0 Å². The molecular weight excluding hydrogens is 272 g/mol. The normalized spacial score (nSPS) is 17.0. The van der Waals surface area contributed by atoms with Crippen LogP contribution in [0, 0.1) is 5.92 Å². The van der Waals surface area contributed by atoms with Gasteiger partial charge in [0.15, 0.2) is 0 Å². The Balaban J connectivity index is 1.84. The molecular formula is C15H20N2O4. The zero-order valence-electron chi connectivity index (χ0n) is 12.0. The van der Waals surface area contributed by atoms with Gasteiger partial charge >= 0.3 is 12.0 Å². The van der Waals surface area contributed by atoms with E-state index in [4.69, 9.17) is 9.84 Å². The van der Waals surface area contributed by atoms with Gasteiger partial charge in [-0.3, -0.25) is 0 Å². The molecule has 2 rings (SSSR count). The quantitative estimate of drug-likeness (QED) is 0.794.